The highest BCUT2D eigenvalue weighted by atomic mass is 35.5. The van der Waals surface area contributed by atoms with E-state index < -0.39 is 0 Å². The fourth-order valence-corrected chi connectivity index (χ4v) is 3.39. The molecule has 104 valence electrons. The Morgan fingerprint density at radius 2 is 1.89 bits per heavy atom. The predicted molar refractivity (Wildman–Crippen MR) is 79.0 cm³/mol. The molecule has 1 heterocycles. The van der Waals surface area contributed by atoms with Gasteiger partial charge in [-0.25, -0.2) is 0 Å². The fourth-order valence-electron chi connectivity index (χ4n) is 3.14. The normalized spacial score (nSPS) is 29.8. The van der Waals surface area contributed by atoms with E-state index in [1.807, 2.05) is 6.07 Å². The highest BCUT2D eigenvalue weighted by molar-refractivity contribution is 6.20. The van der Waals surface area contributed by atoms with Crippen molar-refractivity contribution in [3.8, 4) is 5.75 Å². The molecule has 0 amide bonds. The first-order valence-electron chi connectivity index (χ1n) is 7.40. The van der Waals surface area contributed by atoms with Crippen LogP contribution in [0.3, 0.4) is 0 Å². The van der Waals surface area contributed by atoms with E-state index in [9.17, 15) is 0 Å². The average Bonchev–Trinajstić information content (AvgIpc) is 2.83. The number of alkyl halides is 1. The third-order valence-electron chi connectivity index (χ3n) is 4.30. The van der Waals surface area contributed by atoms with Crippen LogP contribution in [0, 0.1) is 5.92 Å². The summed E-state index contributed by atoms with van der Waals surface area (Å²) in [4.78, 5) is 0. The Labute approximate surface area is 120 Å². The maximum atomic E-state index is 6.13. The monoisotopic (exact) mass is 279 g/mol. The van der Waals surface area contributed by atoms with Crippen LogP contribution in [0.1, 0.15) is 31.2 Å². The molecule has 1 aliphatic heterocycles. The van der Waals surface area contributed by atoms with Gasteiger partial charge in [-0.1, -0.05) is 18.2 Å². The van der Waals surface area contributed by atoms with Crippen LogP contribution in [0.15, 0.2) is 24.3 Å². The molecule has 1 aliphatic carbocycles. The van der Waals surface area contributed by atoms with Crippen molar-refractivity contribution in [2.75, 3.05) is 13.1 Å². The summed E-state index contributed by atoms with van der Waals surface area (Å²) in [6.07, 6.45) is 6.25. The molecule has 1 unspecified atom stereocenters. The summed E-state index contributed by atoms with van der Waals surface area (Å²) in [5.74, 6) is 1.87. The molecule has 1 aromatic carbocycles. The molecule has 0 aromatic heterocycles. The zero-order valence-electron chi connectivity index (χ0n) is 11.3. The maximum Gasteiger partial charge on any atom is 0.123 e. The SMILES string of the molecule is ClC1CCC(CNCC2Cc3ccccc3O2)CC1. The molecule has 0 radical (unpaired) electrons. The molecule has 2 nitrogen and oxygen atoms in total. The molecule has 0 bridgehead atoms. The molecular weight excluding hydrogens is 258 g/mol. The minimum atomic E-state index is 0.307. The third-order valence-corrected chi connectivity index (χ3v) is 4.73. The number of halogens is 1. The first-order valence-corrected chi connectivity index (χ1v) is 7.84. The van der Waals surface area contributed by atoms with E-state index in [2.05, 4.69) is 23.5 Å². The van der Waals surface area contributed by atoms with Gasteiger partial charge in [0.05, 0.1) is 0 Å². The van der Waals surface area contributed by atoms with Crippen LogP contribution in [-0.2, 0) is 6.42 Å². The van der Waals surface area contributed by atoms with E-state index >= 15 is 0 Å². The Morgan fingerprint density at radius 1 is 1.11 bits per heavy atom. The molecular formula is C16H22ClNO. The maximum absolute atomic E-state index is 6.13. The number of fused-ring (bicyclic) bond motifs is 1. The number of hydrogen-bond acceptors (Lipinski definition) is 2. The van der Waals surface area contributed by atoms with Crippen LogP contribution in [0.25, 0.3) is 0 Å². The number of benzene rings is 1. The molecule has 2 aliphatic rings. The van der Waals surface area contributed by atoms with Crippen LogP contribution in [0.5, 0.6) is 5.75 Å². The quantitative estimate of drug-likeness (QED) is 0.853. The number of rotatable bonds is 4. The second-order valence-corrected chi connectivity index (χ2v) is 6.45. The Morgan fingerprint density at radius 3 is 2.68 bits per heavy atom. The minimum Gasteiger partial charge on any atom is -0.488 e. The van der Waals surface area contributed by atoms with Crippen LogP contribution in [0.4, 0.5) is 0 Å². The van der Waals surface area contributed by atoms with Crippen molar-refractivity contribution >= 4 is 11.6 Å². The molecule has 1 aromatic rings. The third kappa shape index (κ3) is 3.43. The standard InChI is InChI=1S/C16H22ClNO/c17-14-7-5-12(6-8-14)10-18-11-15-9-13-3-1-2-4-16(13)19-15/h1-4,12,14-15,18H,5-11H2. The molecule has 3 heteroatoms. The highest BCUT2D eigenvalue weighted by Crippen LogP contribution is 2.29. The van der Waals surface area contributed by atoms with Crippen LogP contribution in [-0.4, -0.2) is 24.6 Å². The van der Waals surface area contributed by atoms with Gasteiger partial charge < -0.3 is 10.1 Å². The smallest absolute Gasteiger partial charge is 0.123 e. The summed E-state index contributed by atoms with van der Waals surface area (Å²) in [6.45, 7) is 2.06. The van der Waals surface area contributed by atoms with Gasteiger partial charge >= 0.3 is 0 Å². The molecule has 1 saturated carbocycles. The zero-order chi connectivity index (χ0) is 13.1. The molecule has 19 heavy (non-hydrogen) atoms. The minimum absolute atomic E-state index is 0.307. The van der Waals surface area contributed by atoms with E-state index in [-0.39, 0.29) is 0 Å². The highest BCUT2D eigenvalue weighted by Gasteiger charge is 2.23. The Balaban J connectivity index is 1.38. The lowest BCUT2D eigenvalue weighted by molar-refractivity contribution is 0.221. The van der Waals surface area contributed by atoms with E-state index in [1.165, 1.54) is 31.2 Å². The van der Waals surface area contributed by atoms with E-state index in [0.717, 1.165) is 31.2 Å². The number of hydrogen-bond donors (Lipinski definition) is 1. The average molecular weight is 280 g/mol. The molecule has 1 fully saturated rings. The van der Waals surface area contributed by atoms with Crippen molar-refractivity contribution in [2.24, 2.45) is 5.92 Å². The van der Waals surface area contributed by atoms with Gasteiger partial charge in [0.15, 0.2) is 0 Å². The second kappa shape index (κ2) is 6.15. The molecule has 0 spiro atoms. The van der Waals surface area contributed by atoms with E-state index in [0.29, 0.717) is 11.5 Å². The number of ether oxygens (including phenoxy) is 1. The summed E-state index contributed by atoms with van der Waals surface area (Å²) < 4.78 is 5.93. The lowest BCUT2D eigenvalue weighted by Gasteiger charge is -2.25. The van der Waals surface area contributed by atoms with Crippen LogP contribution in [0.2, 0.25) is 0 Å². The molecule has 1 N–H and O–H groups in total. The van der Waals surface area contributed by atoms with Gasteiger partial charge in [-0.2, -0.15) is 0 Å². The Hall–Kier alpha value is -0.730. The topological polar surface area (TPSA) is 21.3 Å². The molecule has 1 atom stereocenters. The Kier molecular flexibility index (Phi) is 4.29. The summed E-state index contributed by atoms with van der Waals surface area (Å²) in [5, 5.41) is 4.00. The van der Waals surface area contributed by atoms with Crippen molar-refractivity contribution < 1.29 is 4.74 Å². The van der Waals surface area contributed by atoms with Crippen LogP contribution >= 0.6 is 11.6 Å². The summed E-state index contributed by atoms with van der Waals surface area (Å²) in [6, 6.07) is 8.36. The van der Waals surface area contributed by atoms with Gasteiger partial charge in [0.1, 0.15) is 11.9 Å². The predicted octanol–water partition coefficient (Wildman–Crippen LogP) is 3.38. The lowest BCUT2D eigenvalue weighted by atomic mass is 9.89. The summed E-state index contributed by atoms with van der Waals surface area (Å²) in [5.41, 5.74) is 1.34. The van der Waals surface area contributed by atoms with Crippen LogP contribution < -0.4 is 10.1 Å². The van der Waals surface area contributed by atoms with Gasteiger partial charge in [-0.3, -0.25) is 0 Å². The molecule has 3 rings (SSSR count). The van der Waals surface area contributed by atoms with E-state index in [1.54, 1.807) is 0 Å². The summed E-state index contributed by atoms with van der Waals surface area (Å²) >= 11 is 6.13. The van der Waals surface area contributed by atoms with E-state index in [4.69, 9.17) is 16.3 Å². The van der Waals surface area contributed by atoms with Gasteiger partial charge in [0, 0.05) is 18.3 Å². The molecule has 0 saturated heterocycles. The van der Waals surface area contributed by atoms with Crippen molar-refractivity contribution in [1.29, 1.82) is 0 Å². The van der Waals surface area contributed by atoms with Crippen molar-refractivity contribution in [2.45, 2.75) is 43.6 Å². The number of nitrogens with one attached hydrogen (secondary N) is 1. The van der Waals surface area contributed by atoms with Gasteiger partial charge in [0.25, 0.3) is 0 Å². The van der Waals surface area contributed by atoms with Gasteiger partial charge in [0.2, 0.25) is 0 Å². The van der Waals surface area contributed by atoms with Crippen molar-refractivity contribution in [3.63, 3.8) is 0 Å². The fraction of sp³-hybridized carbons (Fsp3) is 0.625. The van der Waals surface area contributed by atoms with Crippen molar-refractivity contribution in [3.05, 3.63) is 29.8 Å². The second-order valence-electron chi connectivity index (χ2n) is 5.83. The lowest BCUT2D eigenvalue weighted by Crippen LogP contribution is -2.34. The summed E-state index contributed by atoms with van der Waals surface area (Å²) in [7, 11) is 0. The zero-order valence-corrected chi connectivity index (χ0v) is 12.0. The Bertz CT molecular complexity index is 390. The largest absolute Gasteiger partial charge is 0.488 e. The van der Waals surface area contributed by atoms with Gasteiger partial charge in [-0.15, -0.1) is 11.6 Å². The van der Waals surface area contributed by atoms with Gasteiger partial charge in [-0.05, 0) is 49.8 Å². The first kappa shape index (κ1) is 13.3. The first-order chi connectivity index (χ1) is 9.31. The van der Waals surface area contributed by atoms with Crippen molar-refractivity contribution in [1.82, 2.24) is 5.32 Å². The number of para-hydroxylation sites is 1.